The normalized spacial score (nSPS) is 30.1. The van der Waals surface area contributed by atoms with Crippen LogP contribution < -0.4 is 5.32 Å². The van der Waals surface area contributed by atoms with E-state index in [1.54, 1.807) is 0 Å². The molecule has 0 spiro atoms. The van der Waals surface area contributed by atoms with Gasteiger partial charge < -0.3 is 5.32 Å². The summed E-state index contributed by atoms with van der Waals surface area (Å²) in [7, 11) is 0. The predicted molar refractivity (Wildman–Crippen MR) is 75.7 cm³/mol. The highest BCUT2D eigenvalue weighted by molar-refractivity contribution is 5.52. The Kier molecular flexibility index (Phi) is 3.18. The highest BCUT2D eigenvalue weighted by atomic mass is 15.0. The standard InChI is InChI=1S/C16H21N3/c1-10-3-5-14(9-17)16(18-10)19-11(2)15-8-12-4-6-13(15)7-12/h3,5,11-13,15H,4,6-8H2,1-2H3,(H,18,19). The van der Waals surface area contributed by atoms with Crippen LogP contribution in [0.1, 0.15) is 43.9 Å². The number of nitriles is 1. The topological polar surface area (TPSA) is 48.7 Å². The van der Waals surface area contributed by atoms with Crippen molar-refractivity contribution in [2.45, 2.75) is 45.6 Å². The van der Waals surface area contributed by atoms with Crippen LogP contribution in [0.4, 0.5) is 5.82 Å². The van der Waals surface area contributed by atoms with Crippen LogP contribution in [0.25, 0.3) is 0 Å². The molecule has 1 aromatic heterocycles. The van der Waals surface area contributed by atoms with Crippen molar-refractivity contribution in [3.05, 3.63) is 23.4 Å². The maximum Gasteiger partial charge on any atom is 0.144 e. The third-order valence-corrected chi connectivity index (χ3v) is 4.95. The fraction of sp³-hybridized carbons (Fsp3) is 0.625. The van der Waals surface area contributed by atoms with Crippen molar-refractivity contribution in [3.8, 4) is 6.07 Å². The molecule has 3 rings (SSSR count). The Morgan fingerprint density at radius 1 is 1.37 bits per heavy atom. The fourth-order valence-corrected chi connectivity index (χ4v) is 3.99. The Labute approximate surface area is 115 Å². The van der Waals surface area contributed by atoms with Gasteiger partial charge >= 0.3 is 0 Å². The minimum absolute atomic E-state index is 0.414. The fourth-order valence-electron chi connectivity index (χ4n) is 3.99. The van der Waals surface area contributed by atoms with Crippen LogP contribution in [0.15, 0.2) is 12.1 Å². The van der Waals surface area contributed by atoms with E-state index in [4.69, 9.17) is 5.26 Å². The molecule has 3 nitrogen and oxygen atoms in total. The monoisotopic (exact) mass is 255 g/mol. The number of aromatic nitrogens is 1. The van der Waals surface area contributed by atoms with Crippen LogP contribution >= 0.6 is 0 Å². The second kappa shape index (κ2) is 4.85. The maximum atomic E-state index is 9.16. The summed E-state index contributed by atoms with van der Waals surface area (Å²) in [5.41, 5.74) is 1.61. The van der Waals surface area contributed by atoms with E-state index in [9.17, 15) is 0 Å². The lowest BCUT2D eigenvalue weighted by atomic mass is 9.84. The van der Waals surface area contributed by atoms with Crippen molar-refractivity contribution in [2.24, 2.45) is 17.8 Å². The zero-order valence-corrected chi connectivity index (χ0v) is 11.7. The van der Waals surface area contributed by atoms with E-state index < -0.39 is 0 Å². The largest absolute Gasteiger partial charge is 0.366 e. The number of hydrogen-bond donors (Lipinski definition) is 1. The number of anilines is 1. The summed E-state index contributed by atoms with van der Waals surface area (Å²) < 4.78 is 0. The molecule has 2 saturated carbocycles. The molecule has 2 aliphatic rings. The first-order valence-corrected chi connectivity index (χ1v) is 7.31. The van der Waals surface area contributed by atoms with E-state index in [1.807, 2.05) is 19.1 Å². The van der Waals surface area contributed by atoms with Crippen LogP contribution in [-0.2, 0) is 0 Å². The number of rotatable bonds is 3. The molecule has 1 N–H and O–H groups in total. The van der Waals surface area contributed by atoms with Gasteiger partial charge in [-0.3, -0.25) is 0 Å². The first kappa shape index (κ1) is 12.5. The Morgan fingerprint density at radius 2 is 2.21 bits per heavy atom. The van der Waals surface area contributed by atoms with Crippen LogP contribution in [0.2, 0.25) is 0 Å². The average Bonchev–Trinajstić information content (AvgIpc) is 3.01. The van der Waals surface area contributed by atoms with Gasteiger partial charge in [-0.15, -0.1) is 0 Å². The summed E-state index contributed by atoms with van der Waals surface area (Å²) >= 11 is 0. The third-order valence-electron chi connectivity index (χ3n) is 4.95. The van der Waals surface area contributed by atoms with E-state index in [-0.39, 0.29) is 0 Å². The Morgan fingerprint density at radius 3 is 2.84 bits per heavy atom. The number of fused-ring (bicyclic) bond motifs is 2. The van der Waals surface area contributed by atoms with Gasteiger partial charge in [0.2, 0.25) is 0 Å². The molecule has 0 saturated heterocycles. The molecule has 0 amide bonds. The zero-order valence-electron chi connectivity index (χ0n) is 11.7. The summed E-state index contributed by atoms with van der Waals surface area (Å²) in [6.07, 6.45) is 5.60. The summed E-state index contributed by atoms with van der Waals surface area (Å²) in [4.78, 5) is 4.48. The van der Waals surface area contributed by atoms with Gasteiger partial charge in [0.15, 0.2) is 0 Å². The molecule has 2 aliphatic carbocycles. The SMILES string of the molecule is Cc1ccc(C#N)c(NC(C)C2CC3CCC2C3)n1. The van der Waals surface area contributed by atoms with E-state index >= 15 is 0 Å². The molecule has 4 atom stereocenters. The number of nitrogens with zero attached hydrogens (tertiary/aromatic N) is 2. The maximum absolute atomic E-state index is 9.16. The second-order valence-corrected chi connectivity index (χ2v) is 6.23. The van der Waals surface area contributed by atoms with Crippen molar-refractivity contribution < 1.29 is 0 Å². The lowest BCUT2D eigenvalue weighted by molar-refractivity contribution is 0.304. The summed E-state index contributed by atoms with van der Waals surface area (Å²) in [5, 5.41) is 12.7. The van der Waals surface area contributed by atoms with Crippen molar-refractivity contribution in [1.29, 1.82) is 5.26 Å². The van der Waals surface area contributed by atoms with Crippen molar-refractivity contribution in [1.82, 2.24) is 4.98 Å². The molecule has 3 heteroatoms. The number of hydrogen-bond acceptors (Lipinski definition) is 3. The van der Waals surface area contributed by atoms with Gasteiger partial charge in [-0.1, -0.05) is 6.42 Å². The van der Waals surface area contributed by atoms with Gasteiger partial charge in [0.25, 0.3) is 0 Å². The zero-order chi connectivity index (χ0) is 13.4. The van der Waals surface area contributed by atoms with Gasteiger partial charge in [-0.2, -0.15) is 5.26 Å². The summed E-state index contributed by atoms with van der Waals surface area (Å²) in [6, 6.07) is 6.40. The second-order valence-electron chi connectivity index (χ2n) is 6.23. The van der Waals surface area contributed by atoms with Crippen LogP contribution in [-0.4, -0.2) is 11.0 Å². The minimum atomic E-state index is 0.414. The molecular formula is C16H21N3. The molecular weight excluding hydrogens is 234 g/mol. The minimum Gasteiger partial charge on any atom is -0.366 e. The molecule has 1 aromatic rings. The highest BCUT2D eigenvalue weighted by Crippen LogP contribution is 2.49. The summed E-state index contributed by atoms with van der Waals surface area (Å²) in [6.45, 7) is 4.21. The van der Waals surface area contributed by atoms with E-state index in [0.29, 0.717) is 11.6 Å². The van der Waals surface area contributed by atoms with Gasteiger partial charge in [0.05, 0.1) is 5.56 Å². The van der Waals surface area contributed by atoms with Gasteiger partial charge in [0.1, 0.15) is 11.9 Å². The highest BCUT2D eigenvalue weighted by Gasteiger charge is 2.41. The first-order chi connectivity index (χ1) is 9.17. The Bertz CT molecular complexity index is 517. The number of pyridine rings is 1. The molecule has 2 bridgehead atoms. The molecule has 0 aromatic carbocycles. The Hall–Kier alpha value is -1.56. The van der Waals surface area contributed by atoms with E-state index in [1.165, 1.54) is 25.7 Å². The van der Waals surface area contributed by atoms with Gasteiger partial charge in [-0.05, 0) is 63.0 Å². The summed E-state index contributed by atoms with van der Waals surface area (Å²) in [5.74, 6) is 3.37. The van der Waals surface area contributed by atoms with Gasteiger partial charge in [0, 0.05) is 11.7 Å². The molecule has 0 aliphatic heterocycles. The number of aryl methyl sites for hydroxylation is 1. The van der Waals surface area contributed by atoms with E-state index in [2.05, 4.69) is 23.3 Å². The molecule has 1 heterocycles. The lowest BCUT2D eigenvalue weighted by Gasteiger charge is -2.29. The third kappa shape index (κ3) is 2.32. The van der Waals surface area contributed by atoms with Crippen molar-refractivity contribution >= 4 is 5.82 Å². The molecule has 19 heavy (non-hydrogen) atoms. The van der Waals surface area contributed by atoms with Crippen molar-refractivity contribution in [3.63, 3.8) is 0 Å². The number of nitrogens with one attached hydrogen (secondary N) is 1. The van der Waals surface area contributed by atoms with Crippen LogP contribution in [0, 0.1) is 36.0 Å². The molecule has 4 unspecified atom stereocenters. The van der Waals surface area contributed by atoms with Gasteiger partial charge in [-0.25, -0.2) is 4.98 Å². The average molecular weight is 255 g/mol. The molecule has 2 fully saturated rings. The molecule has 0 radical (unpaired) electrons. The Balaban J connectivity index is 1.74. The first-order valence-electron chi connectivity index (χ1n) is 7.31. The van der Waals surface area contributed by atoms with E-state index in [0.717, 1.165) is 29.3 Å². The van der Waals surface area contributed by atoms with Crippen LogP contribution in [0.5, 0.6) is 0 Å². The smallest absolute Gasteiger partial charge is 0.144 e. The van der Waals surface area contributed by atoms with Crippen LogP contribution in [0.3, 0.4) is 0 Å². The predicted octanol–water partition coefficient (Wildman–Crippen LogP) is 3.50. The van der Waals surface area contributed by atoms with Crippen molar-refractivity contribution in [2.75, 3.05) is 5.32 Å². The quantitative estimate of drug-likeness (QED) is 0.899. The lowest BCUT2D eigenvalue weighted by Crippen LogP contribution is -2.30. The molecule has 100 valence electrons.